The van der Waals surface area contributed by atoms with E-state index in [0.29, 0.717) is 45.7 Å². The van der Waals surface area contributed by atoms with E-state index < -0.39 is 48.4 Å². The summed E-state index contributed by atoms with van der Waals surface area (Å²) in [5.74, 6) is 1.82. The Hall–Kier alpha value is -8.82. The molecule has 0 fully saturated rings. The number of rotatable bonds is 28. The standard InChI is InChI=1S/C54H66N10O12/c1-9-73-49(65)39(25-35-17-13-11-14-18-35)59-53(67)75-33(3)29-57-51-61-45-46(47(63-51)55-31-37-21-23-41(69-5)43(27-37)71-7)62-52(64-48(45)56-32-38-22-24-42(70-6)44(28-38)72-8)58-30-34(4)76-54(68)60-40(50(66)74-10-2)26-36-19-15-12-16-20-36/h11-24,27-28,33-34,39-40H,9-10,25-26,29-32H2,1-8H3,(H,59,67)(H,60,68)(H2,55,57,61,63)(H2,56,58,62,64)/t33?,34?,39-,40-/m0/s1. The summed E-state index contributed by atoms with van der Waals surface area (Å²) in [6.45, 7) is 7.59. The first kappa shape index (κ1) is 56.5. The van der Waals surface area contributed by atoms with Gasteiger partial charge in [0.15, 0.2) is 34.6 Å². The number of fused-ring (bicyclic) bond motifs is 1. The molecule has 2 amide bonds. The molecule has 404 valence electrons. The van der Waals surface area contributed by atoms with Crippen molar-refractivity contribution in [2.45, 2.75) is 77.9 Å². The molecule has 4 atom stereocenters. The lowest BCUT2D eigenvalue weighted by Gasteiger charge is -2.20. The number of methoxy groups -OCH3 is 4. The van der Waals surface area contributed by atoms with Crippen LogP contribution in [0.4, 0.5) is 33.1 Å². The molecular formula is C54H66N10O12. The molecule has 22 nitrogen and oxygen atoms in total. The first-order chi connectivity index (χ1) is 36.8. The van der Waals surface area contributed by atoms with Crippen molar-refractivity contribution >= 4 is 58.7 Å². The highest BCUT2D eigenvalue weighted by atomic mass is 16.6. The number of hydrogen-bond donors (Lipinski definition) is 6. The Morgan fingerprint density at radius 3 is 1.21 bits per heavy atom. The van der Waals surface area contributed by atoms with Crippen LogP contribution in [0.2, 0.25) is 0 Å². The third-order valence-electron chi connectivity index (χ3n) is 11.4. The second-order valence-electron chi connectivity index (χ2n) is 17.0. The van der Waals surface area contributed by atoms with E-state index in [0.717, 1.165) is 22.3 Å². The van der Waals surface area contributed by atoms with Crippen LogP contribution in [-0.2, 0) is 54.5 Å². The first-order valence-electron chi connectivity index (χ1n) is 24.7. The van der Waals surface area contributed by atoms with Crippen molar-refractivity contribution in [2.75, 3.05) is 76.0 Å². The Morgan fingerprint density at radius 1 is 0.474 bits per heavy atom. The number of hydrogen-bond acceptors (Lipinski definition) is 20. The summed E-state index contributed by atoms with van der Waals surface area (Å²) in [4.78, 5) is 71.6. The number of nitrogens with one attached hydrogen (secondary N) is 6. The summed E-state index contributed by atoms with van der Waals surface area (Å²) in [7, 11) is 6.21. The van der Waals surface area contributed by atoms with Gasteiger partial charge in [-0.3, -0.25) is 0 Å². The summed E-state index contributed by atoms with van der Waals surface area (Å²) in [6, 6.07) is 27.5. The van der Waals surface area contributed by atoms with Crippen LogP contribution in [0.5, 0.6) is 23.0 Å². The van der Waals surface area contributed by atoms with Crippen molar-refractivity contribution in [3.63, 3.8) is 0 Å². The van der Waals surface area contributed by atoms with Gasteiger partial charge in [-0.2, -0.15) is 9.97 Å². The van der Waals surface area contributed by atoms with E-state index in [1.807, 2.05) is 84.9 Å². The number of anilines is 4. The zero-order chi connectivity index (χ0) is 54.4. The van der Waals surface area contributed by atoms with Gasteiger partial charge in [0.25, 0.3) is 0 Å². The van der Waals surface area contributed by atoms with Gasteiger partial charge in [0, 0.05) is 25.9 Å². The van der Waals surface area contributed by atoms with Crippen LogP contribution < -0.4 is 50.8 Å². The Bertz CT molecular complexity index is 2670. The van der Waals surface area contributed by atoms with Crippen LogP contribution in [0, 0.1) is 0 Å². The number of benzene rings is 4. The number of carbonyl (C=O) groups is 4. The van der Waals surface area contributed by atoms with Gasteiger partial charge in [0.2, 0.25) is 11.9 Å². The number of nitrogens with zero attached hydrogens (tertiary/aromatic N) is 4. The number of esters is 2. The van der Waals surface area contributed by atoms with E-state index in [1.165, 1.54) is 0 Å². The Labute approximate surface area is 441 Å². The molecule has 0 saturated carbocycles. The molecular weight excluding hydrogens is 981 g/mol. The average Bonchev–Trinajstić information content (AvgIpc) is 3.42. The van der Waals surface area contributed by atoms with Gasteiger partial charge in [-0.1, -0.05) is 72.8 Å². The molecule has 0 spiro atoms. The third kappa shape index (κ3) is 16.6. The molecule has 0 aliphatic heterocycles. The van der Waals surface area contributed by atoms with Crippen LogP contribution in [0.15, 0.2) is 97.1 Å². The van der Waals surface area contributed by atoms with Gasteiger partial charge in [-0.15, -0.1) is 0 Å². The van der Waals surface area contributed by atoms with E-state index in [1.54, 1.807) is 68.3 Å². The van der Waals surface area contributed by atoms with Crippen LogP contribution >= 0.6 is 0 Å². The molecule has 22 heteroatoms. The predicted octanol–water partition coefficient (Wildman–Crippen LogP) is 7.08. The maximum absolute atomic E-state index is 13.2. The quantitative estimate of drug-likeness (QED) is 0.0212. The maximum Gasteiger partial charge on any atom is 0.408 e. The summed E-state index contributed by atoms with van der Waals surface area (Å²) in [6.07, 6.45) is -2.74. The van der Waals surface area contributed by atoms with Crippen molar-refractivity contribution in [3.05, 3.63) is 119 Å². The fraction of sp³-hybridized carbons (Fsp3) is 0.370. The molecule has 0 bridgehead atoms. The monoisotopic (exact) mass is 1050 g/mol. The molecule has 0 saturated heterocycles. The summed E-state index contributed by atoms with van der Waals surface area (Å²) >= 11 is 0. The summed E-state index contributed by atoms with van der Waals surface area (Å²) < 4.78 is 43.9. The van der Waals surface area contributed by atoms with Gasteiger partial charge in [0.05, 0.1) is 54.7 Å². The minimum absolute atomic E-state index is 0.0456. The molecule has 6 aromatic rings. The van der Waals surface area contributed by atoms with E-state index in [4.69, 9.17) is 57.8 Å². The van der Waals surface area contributed by atoms with Gasteiger partial charge < -0.3 is 69.8 Å². The van der Waals surface area contributed by atoms with Crippen molar-refractivity contribution < 1.29 is 57.1 Å². The molecule has 76 heavy (non-hydrogen) atoms. The summed E-state index contributed by atoms with van der Waals surface area (Å²) in [5, 5.41) is 18.5. The van der Waals surface area contributed by atoms with Crippen LogP contribution in [-0.4, -0.2) is 123 Å². The lowest BCUT2D eigenvalue weighted by Crippen LogP contribution is -2.45. The highest BCUT2D eigenvalue weighted by Crippen LogP contribution is 2.32. The molecule has 2 unspecified atom stereocenters. The normalized spacial score (nSPS) is 12.4. The molecule has 2 aromatic heterocycles. The van der Waals surface area contributed by atoms with Crippen molar-refractivity contribution in [1.82, 2.24) is 30.6 Å². The molecule has 0 radical (unpaired) electrons. The van der Waals surface area contributed by atoms with E-state index in [9.17, 15) is 19.2 Å². The second kappa shape index (κ2) is 28.6. The van der Waals surface area contributed by atoms with Gasteiger partial charge in [-0.05, 0) is 74.2 Å². The predicted molar refractivity (Wildman–Crippen MR) is 285 cm³/mol. The van der Waals surface area contributed by atoms with Gasteiger partial charge in [-0.25, -0.2) is 29.1 Å². The lowest BCUT2D eigenvalue weighted by atomic mass is 10.1. The Balaban J connectivity index is 1.28. The molecule has 0 aliphatic carbocycles. The van der Waals surface area contributed by atoms with Crippen LogP contribution in [0.3, 0.4) is 0 Å². The van der Waals surface area contributed by atoms with E-state index in [2.05, 4.69) is 31.9 Å². The highest BCUT2D eigenvalue weighted by Gasteiger charge is 2.26. The van der Waals surface area contributed by atoms with Crippen LogP contribution in [0.25, 0.3) is 11.0 Å². The van der Waals surface area contributed by atoms with Crippen molar-refractivity contribution in [1.29, 1.82) is 0 Å². The Kier molecular flexibility index (Phi) is 21.2. The number of aromatic nitrogens is 4. The fourth-order valence-corrected chi connectivity index (χ4v) is 7.62. The fourth-order valence-electron chi connectivity index (χ4n) is 7.62. The Morgan fingerprint density at radius 2 is 0.855 bits per heavy atom. The zero-order valence-electron chi connectivity index (χ0n) is 43.9. The average molecular weight is 1050 g/mol. The van der Waals surface area contributed by atoms with Crippen molar-refractivity contribution in [2.24, 2.45) is 0 Å². The lowest BCUT2D eigenvalue weighted by molar-refractivity contribution is -0.146. The third-order valence-corrected chi connectivity index (χ3v) is 11.4. The number of alkyl carbamates (subject to hydrolysis) is 2. The minimum Gasteiger partial charge on any atom is -0.493 e. The van der Waals surface area contributed by atoms with E-state index in [-0.39, 0.29) is 64.1 Å². The van der Waals surface area contributed by atoms with Gasteiger partial charge >= 0.3 is 24.1 Å². The smallest absolute Gasteiger partial charge is 0.408 e. The van der Waals surface area contributed by atoms with E-state index >= 15 is 0 Å². The highest BCUT2D eigenvalue weighted by molar-refractivity contribution is 5.94. The SMILES string of the molecule is CCOC(=O)[C@H](Cc1ccccc1)NC(=O)OC(C)CNc1nc(NCc2ccc(OC)c(OC)c2)c2nc(NCC(C)OC(=O)N[C@@H](Cc3ccccc3)C(=O)OCC)nc(NCc3ccc(OC)c(OC)c3)c2n1. The summed E-state index contributed by atoms with van der Waals surface area (Å²) in [5.41, 5.74) is 3.89. The first-order valence-corrected chi connectivity index (χ1v) is 24.7. The van der Waals surface area contributed by atoms with Gasteiger partial charge in [0.1, 0.15) is 35.3 Å². The largest absolute Gasteiger partial charge is 0.493 e. The maximum atomic E-state index is 13.2. The minimum atomic E-state index is -0.988. The second-order valence-corrected chi connectivity index (χ2v) is 17.0. The number of amides is 2. The van der Waals surface area contributed by atoms with Crippen molar-refractivity contribution in [3.8, 4) is 23.0 Å². The number of ether oxygens (including phenoxy) is 8. The molecule has 6 rings (SSSR count). The molecule has 2 heterocycles. The molecule has 4 aromatic carbocycles. The number of carbonyl (C=O) groups excluding carboxylic acids is 4. The topological polar surface area (TPSA) is 266 Å². The molecule has 0 aliphatic rings. The van der Waals surface area contributed by atoms with Crippen LogP contribution in [0.1, 0.15) is 49.9 Å². The zero-order valence-corrected chi connectivity index (χ0v) is 43.9. The molecule has 6 N–H and O–H groups in total.